The molecule has 0 saturated heterocycles. The van der Waals surface area contributed by atoms with E-state index in [1.807, 2.05) is 0 Å². The maximum absolute atomic E-state index is 12.6. The van der Waals surface area contributed by atoms with Crippen LogP contribution in [0.1, 0.15) is 12.5 Å². The second-order valence-corrected chi connectivity index (χ2v) is 2.41. The maximum atomic E-state index is 12.6. The number of phenols is 2. The largest absolute Gasteiger partial charge is 0.507 e. The van der Waals surface area contributed by atoms with Crippen molar-refractivity contribution in [2.45, 2.75) is 6.92 Å². The summed E-state index contributed by atoms with van der Waals surface area (Å²) in [6.07, 6.45) is 0. The van der Waals surface area contributed by atoms with Crippen molar-refractivity contribution in [1.82, 2.24) is 0 Å². The van der Waals surface area contributed by atoms with E-state index in [1.54, 1.807) is 0 Å². The number of aromatic hydroxyl groups is 2. The van der Waals surface area contributed by atoms with E-state index < -0.39 is 11.6 Å². The third kappa shape index (κ3) is 1.37. The number of halogens is 1. The first-order valence-corrected chi connectivity index (χ1v) is 3.26. The van der Waals surface area contributed by atoms with Gasteiger partial charge in [0, 0.05) is 6.07 Å². The predicted octanol–water partition coefficient (Wildman–Crippen LogP) is 1.15. The zero-order valence-electron chi connectivity index (χ0n) is 6.37. The number of hydrogen-bond acceptors (Lipinski definition) is 2. The molecule has 1 aromatic carbocycles. The first-order chi connectivity index (χ1) is 5.52. The van der Waals surface area contributed by atoms with Crippen LogP contribution in [-0.2, 0) is 0 Å². The Labute approximate surface area is 68.1 Å². The summed E-state index contributed by atoms with van der Waals surface area (Å²) >= 11 is 0. The molecule has 0 spiro atoms. The summed E-state index contributed by atoms with van der Waals surface area (Å²) in [5.74, 6) is -2.07. The van der Waals surface area contributed by atoms with E-state index >= 15 is 0 Å². The SMILES string of the molecule is CC(=[OH+])c1cc(F)c(O)cc1O. The molecule has 0 aliphatic heterocycles. The minimum atomic E-state index is -0.879. The third-order valence-electron chi connectivity index (χ3n) is 1.45. The summed E-state index contributed by atoms with van der Waals surface area (Å²) in [5, 5.41) is 17.9. The zero-order chi connectivity index (χ0) is 9.30. The Balaban J connectivity index is 3.33. The highest BCUT2D eigenvalue weighted by molar-refractivity contribution is 5.97. The lowest BCUT2D eigenvalue weighted by Crippen LogP contribution is -1.95. The van der Waals surface area contributed by atoms with Gasteiger partial charge in [-0.05, 0) is 6.07 Å². The van der Waals surface area contributed by atoms with Crippen LogP contribution in [0.3, 0.4) is 0 Å². The molecule has 0 saturated carbocycles. The van der Waals surface area contributed by atoms with Gasteiger partial charge in [0.05, 0.1) is 6.92 Å². The molecule has 0 aliphatic carbocycles. The van der Waals surface area contributed by atoms with Gasteiger partial charge in [-0.15, -0.1) is 0 Å². The number of phenolic OH excluding ortho intramolecular Hbond substituents is 2. The van der Waals surface area contributed by atoms with Crippen LogP contribution in [0, 0.1) is 5.82 Å². The Hall–Kier alpha value is -1.58. The summed E-state index contributed by atoms with van der Waals surface area (Å²) in [6.45, 7) is 1.31. The van der Waals surface area contributed by atoms with Crippen LogP contribution in [0.15, 0.2) is 12.1 Å². The minimum absolute atomic E-state index is 0.0229. The number of rotatable bonds is 1. The molecule has 1 aromatic rings. The first kappa shape index (κ1) is 8.52. The number of benzene rings is 1. The van der Waals surface area contributed by atoms with Crippen molar-refractivity contribution in [3.63, 3.8) is 0 Å². The van der Waals surface area contributed by atoms with Crippen LogP contribution in [0.5, 0.6) is 11.5 Å². The first-order valence-electron chi connectivity index (χ1n) is 3.26. The summed E-state index contributed by atoms with van der Waals surface area (Å²) in [5.41, 5.74) is -0.0229. The van der Waals surface area contributed by atoms with Gasteiger partial charge in [0.1, 0.15) is 11.3 Å². The van der Waals surface area contributed by atoms with Crippen molar-refractivity contribution >= 4 is 5.78 Å². The zero-order valence-corrected chi connectivity index (χ0v) is 6.37. The Morgan fingerprint density at radius 1 is 1.33 bits per heavy atom. The Kier molecular flexibility index (Phi) is 1.99. The predicted molar refractivity (Wildman–Crippen MR) is 41.4 cm³/mol. The van der Waals surface area contributed by atoms with Crippen LogP contribution >= 0.6 is 0 Å². The van der Waals surface area contributed by atoms with E-state index in [9.17, 15) is 4.39 Å². The van der Waals surface area contributed by atoms with Gasteiger partial charge in [-0.1, -0.05) is 0 Å². The van der Waals surface area contributed by atoms with E-state index in [4.69, 9.17) is 15.0 Å². The highest BCUT2D eigenvalue weighted by Crippen LogP contribution is 2.25. The number of carbonyl (C=O) groups excluding carboxylic acids is 1. The van der Waals surface area contributed by atoms with Crippen LogP contribution in [-0.4, -0.2) is 20.8 Å². The minimum Gasteiger partial charge on any atom is -0.507 e. The maximum Gasteiger partial charge on any atom is 0.324 e. The van der Waals surface area contributed by atoms with Crippen LogP contribution in [0.4, 0.5) is 4.39 Å². The summed E-state index contributed by atoms with van der Waals surface area (Å²) < 4.78 is 12.6. The molecule has 0 bridgehead atoms. The molecular formula is C8H8FO3+. The van der Waals surface area contributed by atoms with Gasteiger partial charge in [0.15, 0.2) is 11.6 Å². The molecule has 0 amide bonds. The van der Waals surface area contributed by atoms with Gasteiger partial charge in [0.25, 0.3) is 0 Å². The van der Waals surface area contributed by atoms with Gasteiger partial charge in [0.2, 0.25) is 0 Å². The molecule has 3 N–H and O–H groups in total. The fraction of sp³-hybridized carbons (Fsp3) is 0.125. The van der Waals surface area contributed by atoms with Crippen molar-refractivity contribution in [2.75, 3.05) is 0 Å². The monoisotopic (exact) mass is 171 g/mol. The second kappa shape index (κ2) is 2.81. The standard InChI is InChI=1S/C8H7FO3/c1-4(10)5-2-6(9)8(12)3-7(5)11/h2-3,11-12H,1H3/p+1. The molecule has 0 heterocycles. The van der Waals surface area contributed by atoms with E-state index in [2.05, 4.69) is 0 Å². The molecule has 3 nitrogen and oxygen atoms in total. The smallest absolute Gasteiger partial charge is 0.324 e. The Morgan fingerprint density at radius 3 is 2.42 bits per heavy atom. The van der Waals surface area contributed by atoms with E-state index in [0.717, 1.165) is 12.1 Å². The summed E-state index contributed by atoms with van der Waals surface area (Å²) in [6, 6.07) is 1.70. The molecule has 12 heavy (non-hydrogen) atoms. The molecule has 0 unspecified atom stereocenters. The molecule has 0 fully saturated rings. The molecule has 1 rings (SSSR count). The van der Waals surface area contributed by atoms with E-state index in [1.165, 1.54) is 6.92 Å². The van der Waals surface area contributed by atoms with Crippen molar-refractivity contribution in [3.8, 4) is 11.5 Å². The quantitative estimate of drug-likeness (QED) is 0.491. The average molecular weight is 171 g/mol. The lowest BCUT2D eigenvalue weighted by atomic mass is 10.1. The lowest BCUT2D eigenvalue weighted by Gasteiger charge is -1.98. The second-order valence-electron chi connectivity index (χ2n) is 2.41. The molecule has 0 aliphatic rings. The van der Waals surface area contributed by atoms with Crippen LogP contribution in [0.2, 0.25) is 0 Å². The van der Waals surface area contributed by atoms with Crippen molar-refractivity contribution in [3.05, 3.63) is 23.5 Å². The molecule has 0 aromatic heterocycles. The number of ketones is 1. The fourth-order valence-corrected chi connectivity index (χ4v) is 0.841. The molecule has 0 radical (unpaired) electrons. The van der Waals surface area contributed by atoms with E-state index in [0.29, 0.717) is 0 Å². The molecular weight excluding hydrogens is 163 g/mol. The van der Waals surface area contributed by atoms with Crippen molar-refractivity contribution < 1.29 is 19.4 Å². The van der Waals surface area contributed by atoms with Gasteiger partial charge >= 0.3 is 5.78 Å². The topological polar surface area (TPSA) is 61.9 Å². The third-order valence-corrected chi connectivity index (χ3v) is 1.45. The molecule has 0 atom stereocenters. The number of hydrogen-bond donors (Lipinski definition) is 2. The molecule has 64 valence electrons. The lowest BCUT2D eigenvalue weighted by molar-refractivity contribution is 0.418. The van der Waals surface area contributed by atoms with Crippen LogP contribution in [0.25, 0.3) is 0 Å². The van der Waals surface area contributed by atoms with Crippen LogP contribution < -0.4 is 0 Å². The van der Waals surface area contributed by atoms with E-state index in [-0.39, 0.29) is 17.1 Å². The summed E-state index contributed by atoms with van der Waals surface area (Å²) in [7, 11) is 0. The Morgan fingerprint density at radius 2 is 1.92 bits per heavy atom. The highest BCUT2D eigenvalue weighted by atomic mass is 19.1. The average Bonchev–Trinajstić information content (AvgIpc) is 1.96. The molecule has 4 heteroatoms. The van der Waals surface area contributed by atoms with Gasteiger partial charge in [-0.2, -0.15) is 0 Å². The Bertz CT molecular complexity index is 333. The van der Waals surface area contributed by atoms with Gasteiger partial charge in [-0.3, -0.25) is 4.79 Å². The van der Waals surface area contributed by atoms with Crippen molar-refractivity contribution in [2.24, 2.45) is 0 Å². The highest BCUT2D eigenvalue weighted by Gasteiger charge is 2.15. The summed E-state index contributed by atoms with van der Waals surface area (Å²) in [4.78, 5) is 8.93. The van der Waals surface area contributed by atoms with Crippen molar-refractivity contribution in [1.29, 1.82) is 0 Å². The van der Waals surface area contributed by atoms with Gasteiger partial charge in [-0.25, -0.2) is 4.39 Å². The fourth-order valence-electron chi connectivity index (χ4n) is 0.841. The van der Waals surface area contributed by atoms with Gasteiger partial charge < -0.3 is 10.2 Å². The normalized spacial score (nSPS) is 9.83.